The molecular weight excluding hydrogens is 378 g/mol. The van der Waals surface area contributed by atoms with Crippen LogP contribution in [0, 0.1) is 5.21 Å². The zero-order valence-corrected chi connectivity index (χ0v) is 16.7. The molecule has 8 nitrogen and oxygen atoms in total. The average molecular weight is 401 g/mol. The van der Waals surface area contributed by atoms with Crippen molar-refractivity contribution in [3.8, 4) is 17.2 Å². The van der Waals surface area contributed by atoms with Crippen molar-refractivity contribution in [2.75, 3.05) is 27.9 Å². The lowest BCUT2D eigenvalue weighted by atomic mass is 9.85. The van der Waals surface area contributed by atoms with Gasteiger partial charge in [-0.3, -0.25) is 10.0 Å². The quantitative estimate of drug-likeness (QED) is 0.520. The number of methoxy groups -OCH3 is 3. The molecule has 0 aliphatic carbocycles. The summed E-state index contributed by atoms with van der Waals surface area (Å²) in [6, 6.07) is 12.4. The second-order valence-electron chi connectivity index (χ2n) is 6.22. The summed E-state index contributed by atoms with van der Waals surface area (Å²) < 4.78 is 21.4. The van der Waals surface area contributed by atoms with Gasteiger partial charge in [-0.25, -0.2) is 0 Å². The SMILES string of the molecule is CCOC(=O)C1O[N+]([O-])=C(c2ccccc2)C1c1cc(OC)c(OC)c(OC)c1. The first-order chi connectivity index (χ1) is 14.0. The highest BCUT2D eigenvalue weighted by atomic mass is 16.9. The van der Waals surface area contributed by atoms with Crippen molar-refractivity contribution in [1.29, 1.82) is 0 Å². The lowest BCUT2D eigenvalue weighted by Gasteiger charge is -2.20. The Morgan fingerprint density at radius 1 is 1.07 bits per heavy atom. The van der Waals surface area contributed by atoms with Gasteiger partial charge >= 0.3 is 5.97 Å². The Morgan fingerprint density at radius 2 is 1.69 bits per heavy atom. The van der Waals surface area contributed by atoms with Gasteiger partial charge in [-0.15, -0.1) is 0 Å². The van der Waals surface area contributed by atoms with Crippen molar-refractivity contribution in [2.24, 2.45) is 0 Å². The van der Waals surface area contributed by atoms with Gasteiger partial charge in [-0.2, -0.15) is 0 Å². The van der Waals surface area contributed by atoms with Gasteiger partial charge in [0, 0.05) is 10.5 Å². The predicted octanol–water partition coefficient (Wildman–Crippen LogP) is 2.67. The Labute approximate surface area is 168 Å². The smallest absolute Gasteiger partial charge is 0.326 e. The van der Waals surface area contributed by atoms with Crippen molar-refractivity contribution in [2.45, 2.75) is 18.9 Å². The number of ether oxygens (including phenoxy) is 4. The Morgan fingerprint density at radius 3 is 2.21 bits per heavy atom. The first-order valence-electron chi connectivity index (χ1n) is 9.08. The molecule has 2 aromatic rings. The molecule has 0 spiro atoms. The maximum absolute atomic E-state index is 12.7. The van der Waals surface area contributed by atoms with E-state index in [0.717, 1.165) is 0 Å². The van der Waals surface area contributed by atoms with Gasteiger partial charge in [-0.1, -0.05) is 18.2 Å². The largest absolute Gasteiger partial charge is 0.493 e. The van der Waals surface area contributed by atoms with Crippen molar-refractivity contribution in [3.63, 3.8) is 0 Å². The third-order valence-electron chi connectivity index (χ3n) is 4.64. The summed E-state index contributed by atoms with van der Waals surface area (Å²) in [6.45, 7) is 1.86. The van der Waals surface area contributed by atoms with Gasteiger partial charge in [-0.05, 0) is 36.8 Å². The zero-order valence-electron chi connectivity index (χ0n) is 16.7. The van der Waals surface area contributed by atoms with E-state index in [-0.39, 0.29) is 12.3 Å². The maximum Gasteiger partial charge on any atom is 0.326 e. The molecular formula is C21H23NO7. The van der Waals surface area contributed by atoms with E-state index < -0.39 is 18.0 Å². The van der Waals surface area contributed by atoms with Crippen LogP contribution in [0.2, 0.25) is 0 Å². The molecule has 8 heteroatoms. The van der Waals surface area contributed by atoms with Crippen LogP contribution in [0.1, 0.15) is 24.0 Å². The van der Waals surface area contributed by atoms with E-state index in [1.807, 2.05) is 6.07 Å². The van der Waals surface area contributed by atoms with Gasteiger partial charge in [0.25, 0.3) is 5.71 Å². The summed E-state index contributed by atoms with van der Waals surface area (Å²) in [5.74, 6) is -0.145. The molecule has 29 heavy (non-hydrogen) atoms. The van der Waals surface area contributed by atoms with Gasteiger partial charge in [0.1, 0.15) is 5.92 Å². The lowest BCUT2D eigenvalue weighted by Crippen LogP contribution is -2.31. The van der Waals surface area contributed by atoms with Crippen LogP contribution in [0.15, 0.2) is 42.5 Å². The highest BCUT2D eigenvalue weighted by molar-refractivity contribution is 6.05. The van der Waals surface area contributed by atoms with Crippen molar-refractivity contribution in [1.82, 2.24) is 0 Å². The summed E-state index contributed by atoms with van der Waals surface area (Å²) in [4.78, 5) is 18.3. The normalized spacial score (nSPS) is 18.2. The number of hydrogen-bond acceptors (Lipinski definition) is 7. The summed E-state index contributed by atoms with van der Waals surface area (Å²) >= 11 is 0. The second-order valence-corrected chi connectivity index (χ2v) is 6.22. The van der Waals surface area contributed by atoms with Crippen LogP contribution < -0.4 is 14.2 Å². The minimum atomic E-state index is -1.15. The van der Waals surface area contributed by atoms with E-state index in [9.17, 15) is 10.0 Å². The van der Waals surface area contributed by atoms with Crippen LogP contribution in [0.25, 0.3) is 0 Å². The van der Waals surface area contributed by atoms with E-state index in [1.54, 1.807) is 43.3 Å². The minimum absolute atomic E-state index is 0.167. The Kier molecular flexibility index (Phi) is 6.11. The number of esters is 1. The molecule has 0 aromatic heterocycles. The molecule has 0 saturated heterocycles. The van der Waals surface area contributed by atoms with E-state index in [1.165, 1.54) is 21.3 Å². The number of carbonyl (C=O) groups excluding carboxylic acids is 1. The second kappa shape index (κ2) is 8.72. The minimum Gasteiger partial charge on any atom is -0.493 e. The molecule has 1 aliphatic rings. The fraction of sp³-hybridized carbons (Fsp3) is 0.333. The molecule has 154 valence electrons. The monoisotopic (exact) mass is 401 g/mol. The molecule has 2 aromatic carbocycles. The third kappa shape index (κ3) is 3.78. The molecule has 2 atom stereocenters. The molecule has 0 fully saturated rings. The number of benzene rings is 2. The van der Waals surface area contributed by atoms with Gasteiger partial charge in [0.15, 0.2) is 17.6 Å². The van der Waals surface area contributed by atoms with E-state index in [0.29, 0.717) is 33.3 Å². The highest BCUT2D eigenvalue weighted by Gasteiger charge is 2.47. The van der Waals surface area contributed by atoms with Gasteiger partial charge in [0.05, 0.1) is 27.9 Å². The van der Waals surface area contributed by atoms with Crippen LogP contribution >= 0.6 is 0 Å². The number of nitrogens with zero attached hydrogens (tertiary/aromatic N) is 1. The average Bonchev–Trinajstić information content (AvgIpc) is 3.10. The lowest BCUT2D eigenvalue weighted by molar-refractivity contribution is -0.737. The molecule has 0 N–H and O–H groups in total. The molecule has 1 heterocycles. The molecule has 3 rings (SSSR count). The maximum atomic E-state index is 12.7. The fourth-order valence-corrected chi connectivity index (χ4v) is 3.39. The van der Waals surface area contributed by atoms with Crippen LogP contribution in [0.4, 0.5) is 0 Å². The summed E-state index contributed by atoms with van der Waals surface area (Å²) in [7, 11) is 4.49. The molecule has 0 bridgehead atoms. The van der Waals surface area contributed by atoms with Gasteiger partial charge < -0.3 is 23.8 Å². The molecule has 1 aliphatic heterocycles. The molecule has 0 saturated carbocycles. The summed E-state index contributed by atoms with van der Waals surface area (Å²) in [6.07, 6.45) is -1.15. The topological polar surface area (TPSA) is 89.3 Å². The standard InChI is InChI=1S/C21H23NO7/c1-5-28-21(23)20-17(18(22(24)29-20)13-9-7-6-8-10-13)14-11-15(25-2)19(27-4)16(12-14)26-3/h6-12,17,20H,5H2,1-4H3. The summed E-state index contributed by atoms with van der Waals surface area (Å²) in [5.41, 5.74) is 1.51. The van der Waals surface area contributed by atoms with E-state index >= 15 is 0 Å². The first kappa shape index (κ1) is 20.3. The predicted molar refractivity (Wildman–Crippen MR) is 105 cm³/mol. The highest BCUT2D eigenvalue weighted by Crippen LogP contribution is 2.43. The molecule has 2 unspecified atom stereocenters. The Balaban J connectivity index is 2.18. The Hall–Kier alpha value is -3.42. The fourth-order valence-electron chi connectivity index (χ4n) is 3.39. The first-order valence-corrected chi connectivity index (χ1v) is 9.08. The third-order valence-corrected chi connectivity index (χ3v) is 4.64. The summed E-state index contributed by atoms with van der Waals surface area (Å²) in [5, 5.41) is 12.7. The van der Waals surface area contributed by atoms with Crippen molar-refractivity contribution >= 4 is 11.7 Å². The van der Waals surface area contributed by atoms with Gasteiger partial charge in [0.2, 0.25) is 5.75 Å². The van der Waals surface area contributed by atoms with Crippen LogP contribution in [0.3, 0.4) is 0 Å². The van der Waals surface area contributed by atoms with E-state index in [4.69, 9.17) is 23.8 Å². The molecule has 0 radical (unpaired) electrons. The van der Waals surface area contributed by atoms with E-state index in [2.05, 4.69) is 0 Å². The van der Waals surface area contributed by atoms with Crippen LogP contribution in [0.5, 0.6) is 17.2 Å². The molecule has 0 amide bonds. The van der Waals surface area contributed by atoms with Crippen molar-refractivity contribution < 1.29 is 33.5 Å². The zero-order chi connectivity index (χ0) is 21.0. The van der Waals surface area contributed by atoms with Crippen LogP contribution in [-0.2, 0) is 14.4 Å². The number of carbonyl (C=O) groups is 1. The number of hydrogen-bond donors (Lipinski definition) is 0. The number of rotatable bonds is 7. The van der Waals surface area contributed by atoms with Crippen molar-refractivity contribution in [3.05, 3.63) is 58.8 Å². The Bertz CT molecular complexity index is 885. The van der Waals surface area contributed by atoms with Crippen LogP contribution in [-0.4, -0.2) is 50.6 Å².